The van der Waals surface area contributed by atoms with Crippen molar-refractivity contribution in [2.45, 2.75) is 65.3 Å². The zero-order valence-electron chi connectivity index (χ0n) is 26.3. The van der Waals surface area contributed by atoms with E-state index in [1.807, 2.05) is 0 Å². The minimum absolute atomic E-state index is 0.0393. The first kappa shape index (κ1) is 34.4. The molecule has 0 radical (unpaired) electrons. The van der Waals surface area contributed by atoms with Gasteiger partial charge in [0.05, 0.1) is 12.7 Å². The van der Waals surface area contributed by atoms with Crippen LogP contribution in [0.1, 0.15) is 34.6 Å². The lowest BCUT2D eigenvalue weighted by Gasteiger charge is -2.44. The van der Waals surface area contributed by atoms with E-state index in [9.17, 15) is 28.8 Å². The van der Waals surface area contributed by atoms with Crippen LogP contribution in [-0.2, 0) is 47.7 Å². The third-order valence-electron chi connectivity index (χ3n) is 6.70. The molecule has 1 fully saturated rings. The first-order chi connectivity index (χ1) is 22.3. The van der Waals surface area contributed by atoms with Crippen molar-refractivity contribution in [3.8, 4) is 28.4 Å². The van der Waals surface area contributed by atoms with Crippen molar-refractivity contribution in [1.82, 2.24) is 0 Å². The Bertz CT molecular complexity index is 1720. The van der Waals surface area contributed by atoms with Gasteiger partial charge >= 0.3 is 29.8 Å². The van der Waals surface area contributed by atoms with Crippen molar-refractivity contribution in [2.24, 2.45) is 0 Å². The molecule has 0 saturated carbocycles. The summed E-state index contributed by atoms with van der Waals surface area (Å²) in [5, 5.41) is -0.170. The summed E-state index contributed by atoms with van der Waals surface area (Å²) < 4.78 is 49.8. The van der Waals surface area contributed by atoms with Gasteiger partial charge in [-0.25, -0.2) is 0 Å². The van der Waals surface area contributed by atoms with Crippen LogP contribution in [0, 0.1) is 0 Å². The molecule has 0 bridgehead atoms. The largest absolute Gasteiger partial charge is 0.497 e. The van der Waals surface area contributed by atoms with E-state index < -0.39 is 72.6 Å². The zero-order chi connectivity index (χ0) is 34.4. The molecule has 0 aliphatic carbocycles. The molecule has 0 amide bonds. The van der Waals surface area contributed by atoms with E-state index in [1.165, 1.54) is 25.5 Å². The van der Waals surface area contributed by atoms with Gasteiger partial charge in [-0.3, -0.25) is 28.8 Å². The molecule has 1 aliphatic heterocycles. The second-order valence-electron chi connectivity index (χ2n) is 10.3. The molecule has 0 spiro atoms. The Morgan fingerprint density at radius 1 is 0.745 bits per heavy atom. The van der Waals surface area contributed by atoms with E-state index in [-0.39, 0.29) is 28.0 Å². The predicted octanol–water partition coefficient (Wildman–Crippen LogP) is 2.86. The molecular weight excluding hydrogens is 624 g/mol. The minimum Gasteiger partial charge on any atom is -0.497 e. The van der Waals surface area contributed by atoms with E-state index in [2.05, 4.69) is 0 Å². The molecule has 0 N–H and O–H groups in total. The Morgan fingerprint density at radius 2 is 1.36 bits per heavy atom. The molecule has 47 heavy (non-hydrogen) atoms. The highest BCUT2D eigenvalue weighted by atomic mass is 16.7. The Hall–Kier alpha value is -5.44. The quantitative estimate of drug-likeness (QED) is 0.176. The number of carbonyl (C=O) groups excluding carboxylic acids is 5. The number of hydrogen-bond acceptors (Lipinski definition) is 15. The van der Waals surface area contributed by atoms with Gasteiger partial charge in [-0.1, -0.05) is 12.1 Å². The maximum absolute atomic E-state index is 13.9. The van der Waals surface area contributed by atoms with Gasteiger partial charge in [0.1, 0.15) is 35.7 Å². The topological polar surface area (TPSA) is 189 Å². The number of hydrogen-bond donors (Lipinski definition) is 0. The number of esters is 5. The Morgan fingerprint density at radius 3 is 1.94 bits per heavy atom. The number of ether oxygens (including phenoxy) is 8. The van der Waals surface area contributed by atoms with Gasteiger partial charge in [-0.05, 0) is 29.8 Å². The molecule has 1 aromatic heterocycles. The number of methoxy groups -OCH3 is 1. The smallest absolute Gasteiger partial charge is 0.308 e. The molecule has 5 atom stereocenters. The summed E-state index contributed by atoms with van der Waals surface area (Å²) in [4.78, 5) is 74.3. The first-order valence-electron chi connectivity index (χ1n) is 14.2. The molecule has 2 heterocycles. The summed E-state index contributed by atoms with van der Waals surface area (Å²) in [6.45, 7) is 4.97. The fraction of sp³-hybridized carbons (Fsp3) is 0.375. The molecule has 250 valence electrons. The van der Waals surface area contributed by atoms with Gasteiger partial charge in [-0.2, -0.15) is 0 Å². The monoisotopic (exact) mass is 656 g/mol. The van der Waals surface area contributed by atoms with Crippen molar-refractivity contribution in [3.63, 3.8) is 0 Å². The van der Waals surface area contributed by atoms with E-state index in [0.717, 1.165) is 34.6 Å². The van der Waals surface area contributed by atoms with E-state index >= 15 is 0 Å². The van der Waals surface area contributed by atoms with Crippen LogP contribution >= 0.6 is 0 Å². The molecular formula is C32H32O15. The fourth-order valence-electron chi connectivity index (χ4n) is 4.89. The minimum atomic E-state index is -1.67. The van der Waals surface area contributed by atoms with Crippen molar-refractivity contribution in [1.29, 1.82) is 0 Å². The summed E-state index contributed by atoms with van der Waals surface area (Å²) in [7, 11) is 1.50. The van der Waals surface area contributed by atoms with Crippen molar-refractivity contribution in [2.75, 3.05) is 13.7 Å². The molecule has 4 rings (SSSR count). The van der Waals surface area contributed by atoms with E-state index in [0.29, 0.717) is 11.3 Å². The summed E-state index contributed by atoms with van der Waals surface area (Å²) in [6.07, 6.45) is -6.26. The lowest BCUT2D eigenvalue weighted by Crippen LogP contribution is -2.63. The third kappa shape index (κ3) is 8.24. The second kappa shape index (κ2) is 14.8. The summed E-state index contributed by atoms with van der Waals surface area (Å²) >= 11 is 0. The highest BCUT2D eigenvalue weighted by Crippen LogP contribution is 2.39. The SMILES string of the molecule is COc1ccc(-c2coc3ccc(O[C@@H]4O[C@H](COC(C)=O)[C@H](OC(C)=O)[C@H](OC(C)=O)[C@@H]4OC(C)=O)c(OC(C)=O)c3c2=O)cc1. The van der Waals surface area contributed by atoms with Gasteiger partial charge < -0.3 is 42.3 Å². The van der Waals surface area contributed by atoms with Crippen LogP contribution in [0.5, 0.6) is 17.2 Å². The number of fused-ring (bicyclic) bond motifs is 1. The zero-order valence-corrected chi connectivity index (χ0v) is 26.3. The highest BCUT2D eigenvalue weighted by molar-refractivity contribution is 5.91. The van der Waals surface area contributed by atoms with Gasteiger partial charge in [0, 0.05) is 34.6 Å². The fourth-order valence-corrected chi connectivity index (χ4v) is 4.89. The number of rotatable bonds is 10. The third-order valence-corrected chi connectivity index (χ3v) is 6.70. The number of benzene rings is 2. The van der Waals surface area contributed by atoms with Crippen LogP contribution < -0.4 is 19.6 Å². The molecule has 15 heteroatoms. The maximum Gasteiger partial charge on any atom is 0.308 e. The summed E-state index contributed by atoms with van der Waals surface area (Å²) in [5.41, 5.74) is 0.0520. The van der Waals surface area contributed by atoms with Crippen LogP contribution in [0.25, 0.3) is 22.1 Å². The molecule has 1 aliphatic rings. The summed E-state index contributed by atoms with van der Waals surface area (Å²) in [6, 6.07) is 9.26. The standard InChI is InChI=1S/C32H32O15/c1-15(33)40-14-25-29(43-17(3)35)30(44-18(4)36)31(45-19(5)37)32(47-25)46-24-12-11-23-26(28(24)42-16(2)34)27(38)22(13-41-23)20-7-9-21(39-6)10-8-20/h7-13,25,29-32H,14H2,1-6H3/t25-,29+,30+,31+,32-/m1/s1. The number of carbonyl (C=O) groups is 5. The van der Waals surface area contributed by atoms with Gasteiger partial charge in [0.25, 0.3) is 0 Å². The summed E-state index contributed by atoms with van der Waals surface area (Å²) in [5.74, 6) is -4.07. The average molecular weight is 657 g/mol. The van der Waals surface area contributed by atoms with Crippen LogP contribution in [0.2, 0.25) is 0 Å². The molecule has 0 unspecified atom stereocenters. The normalized spacial score (nSPS) is 20.4. The average Bonchev–Trinajstić information content (AvgIpc) is 2.99. The lowest BCUT2D eigenvalue weighted by atomic mass is 9.98. The Labute approximate surface area is 267 Å². The van der Waals surface area contributed by atoms with Crippen LogP contribution in [0.3, 0.4) is 0 Å². The van der Waals surface area contributed by atoms with Crippen molar-refractivity contribution >= 4 is 40.8 Å². The van der Waals surface area contributed by atoms with Crippen LogP contribution in [-0.4, -0.2) is 74.3 Å². The molecule has 2 aromatic carbocycles. The first-order valence-corrected chi connectivity index (χ1v) is 14.2. The molecule has 3 aromatic rings. The van der Waals surface area contributed by atoms with E-state index in [1.54, 1.807) is 24.3 Å². The predicted molar refractivity (Wildman–Crippen MR) is 158 cm³/mol. The molecule has 15 nitrogen and oxygen atoms in total. The van der Waals surface area contributed by atoms with Gasteiger partial charge in [0.2, 0.25) is 17.8 Å². The van der Waals surface area contributed by atoms with Crippen molar-refractivity contribution < 1.29 is 66.3 Å². The van der Waals surface area contributed by atoms with Crippen LogP contribution in [0.15, 0.2) is 51.9 Å². The Balaban J connectivity index is 1.86. The molecule has 1 saturated heterocycles. The van der Waals surface area contributed by atoms with Gasteiger partial charge in [-0.15, -0.1) is 0 Å². The Kier molecular flexibility index (Phi) is 10.8. The van der Waals surface area contributed by atoms with Crippen molar-refractivity contribution in [3.05, 3.63) is 52.9 Å². The maximum atomic E-state index is 13.9. The second-order valence-corrected chi connectivity index (χ2v) is 10.3. The lowest BCUT2D eigenvalue weighted by molar-refractivity contribution is -0.288. The van der Waals surface area contributed by atoms with E-state index in [4.69, 9.17) is 42.3 Å². The van der Waals surface area contributed by atoms with Crippen LogP contribution in [0.4, 0.5) is 0 Å². The highest BCUT2D eigenvalue weighted by Gasteiger charge is 2.53. The van der Waals surface area contributed by atoms with Gasteiger partial charge in [0.15, 0.2) is 23.7 Å².